The van der Waals surface area contributed by atoms with Gasteiger partial charge in [0.1, 0.15) is 11.2 Å². The highest BCUT2D eigenvalue weighted by atomic mass is 16.3. The average molecular weight is 513 g/mol. The Bertz CT molecular complexity index is 2160. The van der Waals surface area contributed by atoms with Crippen molar-refractivity contribution in [1.29, 1.82) is 0 Å². The molecule has 0 radical (unpaired) electrons. The minimum absolute atomic E-state index is 0.884. The van der Waals surface area contributed by atoms with Crippen molar-refractivity contribution < 1.29 is 4.42 Å². The van der Waals surface area contributed by atoms with Gasteiger partial charge in [-0.25, -0.2) is 0 Å². The number of hydrogen-bond donors (Lipinski definition) is 0. The zero-order valence-electron chi connectivity index (χ0n) is 21.7. The second-order valence-electron chi connectivity index (χ2n) is 10.0. The SMILES string of the molecule is c1ccc(-c2ccc(N(c3ccc4oc5ccccc5c4c3)c3cccc4ccc5cccnc5c34)cc2)cc1. The van der Waals surface area contributed by atoms with Crippen LogP contribution in [0.1, 0.15) is 0 Å². The van der Waals surface area contributed by atoms with Crippen LogP contribution < -0.4 is 4.90 Å². The molecular weight excluding hydrogens is 488 g/mol. The fraction of sp³-hybridized carbons (Fsp3) is 0. The van der Waals surface area contributed by atoms with E-state index in [9.17, 15) is 0 Å². The van der Waals surface area contributed by atoms with Crippen molar-refractivity contribution in [2.45, 2.75) is 0 Å². The van der Waals surface area contributed by atoms with Crippen LogP contribution in [0.4, 0.5) is 17.1 Å². The predicted molar refractivity (Wildman–Crippen MR) is 167 cm³/mol. The maximum Gasteiger partial charge on any atom is 0.135 e. The number of anilines is 3. The number of furan rings is 1. The van der Waals surface area contributed by atoms with Gasteiger partial charge < -0.3 is 9.32 Å². The standard InChI is InChI=1S/C37H24N2O/c1-2-8-25(9-3-1)26-17-19-29(20-18-26)39(30-21-22-35-32(24-30)31-12-4-5-14-34(31)40-35)33-13-6-10-27-15-16-28-11-7-23-38-37(28)36(27)33/h1-24H. The lowest BCUT2D eigenvalue weighted by Crippen LogP contribution is -2.10. The lowest BCUT2D eigenvalue weighted by Gasteiger charge is -2.27. The first-order valence-corrected chi connectivity index (χ1v) is 13.5. The van der Waals surface area contributed by atoms with E-state index in [0.717, 1.165) is 60.7 Å². The smallest absolute Gasteiger partial charge is 0.135 e. The second-order valence-corrected chi connectivity index (χ2v) is 10.0. The molecule has 0 N–H and O–H groups in total. The molecule has 0 saturated carbocycles. The van der Waals surface area contributed by atoms with Gasteiger partial charge in [0.25, 0.3) is 0 Å². The van der Waals surface area contributed by atoms with E-state index in [1.165, 1.54) is 11.1 Å². The molecule has 3 heteroatoms. The number of rotatable bonds is 4. The molecule has 0 spiro atoms. The third kappa shape index (κ3) is 3.63. The van der Waals surface area contributed by atoms with E-state index in [4.69, 9.17) is 9.40 Å². The lowest BCUT2D eigenvalue weighted by atomic mass is 10.0. The predicted octanol–water partition coefficient (Wildman–Crippen LogP) is 10.4. The fourth-order valence-electron chi connectivity index (χ4n) is 5.80. The molecule has 2 aromatic heterocycles. The molecule has 0 saturated heterocycles. The summed E-state index contributed by atoms with van der Waals surface area (Å²) in [4.78, 5) is 7.17. The minimum atomic E-state index is 0.884. The highest BCUT2D eigenvalue weighted by Crippen LogP contribution is 2.43. The van der Waals surface area contributed by atoms with Gasteiger partial charge in [0.2, 0.25) is 0 Å². The molecular formula is C37H24N2O. The van der Waals surface area contributed by atoms with Gasteiger partial charge in [0.05, 0.1) is 11.2 Å². The first-order valence-electron chi connectivity index (χ1n) is 13.5. The van der Waals surface area contributed by atoms with Gasteiger partial charge in [-0.1, -0.05) is 91.0 Å². The summed E-state index contributed by atoms with van der Waals surface area (Å²) in [5.41, 5.74) is 8.39. The Labute approximate surface area is 231 Å². The van der Waals surface area contributed by atoms with E-state index in [0.29, 0.717) is 0 Å². The molecule has 2 heterocycles. The van der Waals surface area contributed by atoms with E-state index in [1.807, 2.05) is 30.5 Å². The Morgan fingerprint density at radius 3 is 2.12 bits per heavy atom. The summed E-state index contributed by atoms with van der Waals surface area (Å²) in [5.74, 6) is 0. The van der Waals surface area contributed by atoms with Crippen LogP contribution in [-0.4, -0.2) is 4.98 Å². The zero-order chi connectivity index (χ0) is 26.5. The molecule has 8 rings (SSSR count). The Morgan fingerprint density at radius 2 is 1.23 bits per heavy atom. The number of fused-ring (bicyclic) bond motifs is 6. The Hall–Kier alpha value is -5.41. The van der Waals surface area contributed by atoms with Crippen LogP contribution in [0.15, 0.2) is 150 Å². The third-order valence-corrected chi connectivity index (χ3v) is 7.68. The Morgan fingerprint density at radius 1 is 0.500 bits per heavy atom. The molecule has 0 atom stereocenters. The molecule has 188 valence electrons. The molecule has 0 bridgehead atoms. The minimum Gasteiger partial charge on any atom is -0.456 e. The van der Waals surface area contributed by atoms with Crippen LogP contribution in [0.2, 0.25) is 0 Å². The van der Waals surface area contributed by atoms with E-state index in [2.05, 4.69) is 120 Å². The van der Waals surface area contributed by atoms with Gasteiger partial charge in [0.15, 0.2) is 0 Å². The molecule has 6 aromatic carbocycles. The van der Waals surface area contributed by atoms with Crippen LogP contribution in [0.5, 0.6) is 0 Å². The maximum atomic E-state index is 6.16. The van der Waals surface area contributed by atoms with Crippen LogP contribution in [-0.2, 0) is 0 Å². The van der Waals surface area contributed by atoms with Crippen molar-refractivity contribution >= 4 is 60.7 Å². The van der Waals surface area contributed by atoms with Gasteiger partial charge in [-0.05, 0) is 65.0 Å². The number of aromatic nitrogens is 1. The number of benzene rings is 6. The summed E-state index contributed by atoms with van der Waals surface area (Å²) >= 11 is 0. The van der Waals surface area contributed by atoms with Crippen molar-refractivity contribution in [2.24, 2.45) is 0 Å². The molecule has 0 aliphatic carbocycles. The summed E-state index contributed by atoms with van der Waals surface area (Å²) in [6.07, 6.45) is 1.88. The molecule has 0 aliphatic heterocycles. The molecule has 0 amide bonds. The summed E-state index contributed by atoms with van der Waals surface area (Å²) in [6, 6.07) is 48.9. The van der Waals surface area contributed by atoms with Gasteiger partial charge in [-0.3, -0.25) is 4.98 Å². The normalized spacial score (nSPS) is 11.5. The topological polar surface area (TPSA) is 29.3 Å². The van der Waals surface area contributed by atoms with E-state index in [1.54, 1.807) is 0 Å². The van der Waals surface area contributed by atoms with Crippen molar-refractivity contribution in [2.75, 3.05) is 4.90 Å². The molecule has 0 aliphatic rings. The van der Waals surface area contributed by atoms with Gasteiger partial charge >= 0.3 is 0 Å². The monoisotopic (exact) mass is 512 g/mol. The summed E-state index contributed by atoms with van der Waals surface area (Å²) in [6.45, 7) is 0. The second kappa shape index (κ2) is 9.11. The van der Waals surface area contributed by atoms with Crippen LogP contribution in [0.3, 0.4) is 0 Å². The molecule has 0 unspecified atom stereocenters. The van der Waals surface area contributed by atoms with E-state index >= 15 is 0 Å². The van der Waals surface area contributed by atoms with Crippen molar-refractivity contribution in [3.8, 4) is 11.1 Å². The van der Waals surface area contributed by atoms with Crippen LogP contribution in [0, 0.1) is 0 Å². The van der Waals surface area contributed by atoms with E-state index in [-0.39, 0.29) is 0 Å². The largest absolute Gasteiger partial charge is 0.456 e. The number of para-hydroxylation sites is 1. The highest BCUT2D eigenvalue weighted by Gasteiger charge is 2.19. The lowest BCUT2D eigenvalue weighted by molar-refractivity contribution is 0.669. The van der Waals surface area contributed by atoms with Gasteiger partial charge in [-0.15, -0.1) is 0 Å². The molecule has 8 aromatic rings. The number of hydrogen-bond acceptors (Lipinski definition) is 3. The van der Waals surface area contributed by atoms with Crippen molar-refractivity contribution in [3.63, 3.8) is 0 Å². The third-order valence-electron chi connectivity index (χ3n) is 7.68. The number of nitrogens with zero attached hydrogens (tertiary/aromatic N) is 2. The first kappa shape index (κ1) is 22.6. The summed E-state index contributed by atoms with van der Waals surface area (Å²) in [5, 5.41) is 5.62. The Kier molecular flexibility index (Phi) is 5.14. The fourth-order valence-corrected chi connectivity index (χ4v) is 5.80. The molecule has 40 heavy (non-hydrogen) atoms. The highest BCUT2D eigenvalue weighted by molar-refractivity contribution is 6.14. The van der Waals surface area contributed by atoms with Crippen molar-refractivity contribution in [1.82, 2.24) is 4.98 Å². The number of pyridine rings is 1. The molecule has 3 nitrogen and oxygen atoms in total. The van der Waals surface area contributed by atoms with E-state index < -0.39 is 0 Å². The quantitative estimate of drug-likeness (QED) is 0.220. The van der Waals surface area contributed by atoms with Gasteiger partial charge in [0, 0.05) is 39.1 Å². The van der Waals surface area contributed by atoms with Gasteiger partial charge in [-0.2, -0.15) is 0 Å². The van der Waals surface area contributed by atoms with Crippen LogP contribution >= 0.6 is 0 Å². The first-order chi connectivity index (χ1) is 19.8. The maximum absolute atomic E-state index is 6.16. The van der Waals surface area contributed by atoms with Crippen molar-refractivity contribution in [3.05, 3.63) is 146 Å². The zero-order valence-corrected chi connectivity index (χ0v) is 21.7. The summed E-state index contributed by atoms with van der Waals surface area (Å²) < 4.78 is 6.16. The molecule has 0 fully saturated rings. The Balaban J connectivity index is 1.39. The van der Waals surface area contributed by atoms with Crippen LogP contribution in [0.25, 0.3) is 54.7 Å². The summed E-state index contributed by atoms with van der Waals surface area (Å²) in [7, 11) is 0. The average Bonchev–Trinajstić information content (AvgIpc) is 3.40.